The van der Waals surface area contributed by atoms with Crippen LogP contribution in [0.3, 0.4) is 0 Å². The Morgan fingerprint density at radius 2 is 2.13 bits per heavy atom. The van der Waals surface area contributed by atoms with Crippen LogP contribution in [0.4, 0.5) is 0 Å². The van der Waals surface area contributed by atoms with Crippen LogP contribution >= 0.6 is 0 Å². The number of amides is 1. The first-order valence-corrected chi connectivity index (χ1v) is 7.68. The van der Waals surface area contributed by atoms with Crippen LogP contribution in [-0.2, 0) is 21.4 Å². The largest absolute Gasteiger partial charge is 0.481 e. The highest BCUT2D eigenvalue weighted by Crippen LogP contribution is 2.38. The van der Waals surface area contributed by atoms with E-state index in [9.17, 15) is 9.59 Å². The number of carbonyl (C=O) groups is 2. The molecule has 1 aromatic carbocycles. The summed E-state index contributed by atoms with van der Waals surface area (Å²) >= 11 is 0. The van der Waals surface area contributed by atoms with Crippen molar-refractivity contribution >= 4 is 11.9 Å². The first kappa shape index (κ1) is 17.4. The summed E-state index contributed by atoms with van der Waals surface area (Å²) in [5, 5.41) is 12.1. The zero-order valence-electron chi connectivity index (χ0n) is 13.8. The topological polar surface area (TPSA) is 102 Å². The van der Waals surface area contributed by atoms with E-state index in [0.29, 0.717) is 18.5 Å². The average Bonchev–Trinajstić information content (AvgIpc) is 2.48. The van der Waals surface area contributed by atoms with Gasteiger partial charge in [0.25, 0.3) is 0 Å². The van der Waals surface area contributed by atoms with Gasteiger partial charge >= 0.3 is 5.97 Å². The van der Waals surface area contributed by atoms with Crippen molar-refractivity contribution in [1.82, 2.24) is 5.32 Å². The standard InChI is InChI=1S/C17H24N2O4/c1-17(2)12-8-11(16(18)22)5-4-10(12)9-13(23-3)15(17)19-7-6-14(20)21/h4-5,8,13,15,19H,6-7,9H2,1-3H3,(H2,18,22)(H,20,21)/t13-,15+/m0/s1. The lowest BCUT2D eigenvalue weighted by Gasteiger charge is -2.45. The van der Waals surface area contributed by atoms with Gasteiger partial charge in [-0.15, -0.1) is 0 Å². The molecule has 2 rings (SSSR count). The molecular weight excluding hydrogens is 296 g/mol. The number of methoxy groups -OCH3 is 1. The second-order valence-electron chi connectivity index (χ2n) is 6.51. The molecule has 1 aliphatic rings. The fraction of sp³-hybridized carbons (Fsp3) is 0.529. The molecule has 23 heavy (non-hydrogen) atoms. The van der Waals surface area contributed by atoms with Crippen LogP contribution in [-0.4, -0.2) is 42.8 Å². The molecule has 2 atom stereocenters. The molecule has 6 nitrogen and oxygen atoms in total. The Bertz CT molecular complexity index is 613. The summed E-state index contributed by atoms with van der Waals surface area (Å²) in [4.78, 5) is 22.2. The Labute approximate surface area is 136 Å². The van der Waals surface area contributed by atoms with Crippen molar-refractivity contribution in [3.63, 3.8) is 0 Å². The van der Waals surface area contributed by atoms with Crippen LogP contribution < -0.4 is 11.1 Å². The van der Waals surface area contributed by atoms with E-state index in [4.69, 9.17) is 15.6 Å². The summed E-state index contributed by atoms with van der Waals surface area (Å²) in [5.41, 5.74) is 7.73. The van der Waals surface area contributed by atoms with E-state index in [2.05, 4.69) is 19.2 Å². The lowest BCUT2D eigenvalue weighted by Crippen LogP contribution is -2.57. The number of carbonyl (C=O) groups excluding carboxylic acids is 1. The minimum absolute atomic E-state index is 0.0528. The minimum Gasteiger partial charge on any atom is -0.481 e. The average molecular weight is 320 g/mol. The van der Waals surface area contributed by atoms with Gasteiger partial charge in [-0.05, 0) is 23.3 Å². The van der Waals surface area contributed by atoms with Gasteiger partial charge in [-0.3, -0.25) is 9.59 Å². The van der Waals surface area contributed by atoms with Crippen LogP contribution in [0.2, 0.25) is 0 Å². The van der Waals surface area contributed by atoms with E-state index in [1.165, 1.54) is 0 Å². The molecule has 4 N–H and O–H groups in total. The number of nitrogens with two attached hydrogens (primary N) is 1. The van der Waals surface area contributed by atoms with Crippen molar-refractivity contribution in [2.45, 2.75) is 44.2 Å². The van der Waals surface area contributed by atoms with Gasteiger partial charge in [0.1, 0.15) is 0 Å². The van der Waals surface area contributed by atoms with Gasteiger partial charge in [0, 0.05) is 37.1 Å². The predicted octanol–water partition coefficient (Wildman–Crippen LogP) is 1.07. The van der Waals surface area contributed by atoms with Crippen molar-refractivity contribution in [3.8, 4) is 0 Å². The number of rotatable bonds is 6. The SMILES string of the molecule is CO[C@H]1Cc2ccc(C(N)=O)cc2C(C)(C)[C@@H]1NCCC(=O)O. The summed E-state index contributed by atoms with van der Waals surface area (Å²) in [6.45, 7) is 4.51. The van der Waals surface area contributed by atoms with Crippen LogP contribution in [0, 0.1) is 0 Å². The van der Waals surface area contributed by atoms with Crippen molar-refractivity contribution in [2.24, 2.45) is 5.73 Å². The highest BCUT2D eigenvalue weighted by molar-refractivity contribution is 5.93. The lowest BCUT2D eigenvalue weighted by atomic mass is 9.67. The van der Waals surface area contributed by atoms with E-state index >= 15 is 0 Å². The molecule has 0 bridgehead atoms. The van der Waals surface area contributed by atoms with Crippen molar-refractivity contribution in [1.29, 1.82) is 0 Å². The van der Waals surface area contributed by atoms with Crippen molar-refractivity contribution < 1.29 is 19.4 Å². The molecule has 1 amide bonds. The summed E-state index contributed by atoms with van der Waals surface area (Å²) in [5.74, 6) is -1.29. The van der Waals surface area contributed by atoms with Gasteiger partial charge in [-0.2, -0.15) is 0 Å². The smallest absolute Gasteiger partial charge is 0.304 e. The Morgan fingerprint density at radius 1 is 1.43 bits per heavy atom. The highest BCUT2D eigenvalue weighted by Gasteiger charge is 2.42. The quantitative estimate of drug-likeness (QED) is 0.727. The molecule has 0 aliphatic heterocycles. The van der Waals surface area contributed by atoms with E-state index in [-0.39, 0.29) is 24.0 Å². The number of hydrogen-bond acceptors (Lipinski definition) is 4. The molecule has 0 aromatic heterocycles. The molecule has 1 aromatic rings. The third-order valence-electron chi connectivity index (χ3n) is 4.66. The molecule has 126 valence electrons. The van der Waals surface area contributed by atoms with Gasteiger partial charge in [0.15, 0.2) is 0 Å². The first-order chi connectivity index (χ1) is 10.8. The third kappa shape index (κ3) is 3.54. The number of benzene rings is 1. The predicted molar refractivity (Wildman–Crippen MR) is 86.5 cm³/mol. The summed E-state index contributed by atoms with van der Waals surface area (Å²) in [6, 6.07) is 5.45. The molecular formula is C17H24N2O4. The highest BCUT2D eigenvalue weighted by atomic mass is 16.5. The van der Waals surface area contributed by atoms with Gasteiger partial charge in [-0.25, -0.2) is 0 Å². The molecule has 6 heteroatoms. The number of fused-ring (bicyclic) bond motifs is 1. The Balaban J connectivity index is 2.34. The fourth-order valence-electron chi connectivity index (χ4n) is 3.42. The minimum atomic E-state index is -0.837. The monoisotopic (exact) mass is 320 g/mol. The molecule has 0 heterocycles. The summed E-state index contributed by atoms with van der Waals surface area (Å²) < 4.78 is 5.63. The molecule has 0 saturated carbocycles. The van der Waals surface area contributed by atoms with Crippen LogP contribution in [0.15, 0.2) is 18.2 Å². The van der Waals surface area contributed by atoms with Crippen molar-refractivity contribution in [2.75, 3.05) is 13.7 Å². The second kappa shape index (κ2) is 6.68. The summed E-state index contributed by atoms with van der Waals surface area (Å²) in [6.07, 6.45) is 0.696. The van der Waals surface area contributed by atoms with Crippen LogP contribution in [0.1, 0.15) is 41.8 Å². The van der Waals surface area contributed by atoms with Gasteiger partial charge < -0.3 is 20.9 Å². The molecule has 1 aliphatic carbocycles. The maximum atomic E-state index is 11.5. The second-order valence-corrected chi connectivity index (χ2v) is 6.51. The third-order valence-corrected chi connectivity index (χ3v) is 4.66. The fourth-order valence-corrected chi connectivity index (χ4v) is 3.42. The Kier molecular flexibility index (Phi) is 5.06. The zero-order valence-corrected chi connectivity index (χ0v) is 13.8. The maximum Gasteiger partial charge on any atom is 0.304 e. The molecule has 0 fully saturated rings. The van der Waals surface area contributed by atoms with Crippen LogP contribution in [0.25, 0.3) is 0 Å². The van der Waals surface area contributed by atoms with Gasteiger partial charge in [0.05, 0.1) is 12.5 Å². The van der Waals surface area contributed by atoms with Crippen LogP contribution in [0.5, 0.6) is 0 Å². The number of nitrogens with one attached hydrogen (secondary N) is 1. The molecule has 0 radical (unpaired) electrons. The number of carboxylic acids is 1. The summed E-state index contributed by atoms with van der Waals surface area (Å²) in [7, 11) is 1.66. The number of primary amides is 1. The maximum absolute atomic E-state index is 11.5. The molecule has 0 unspecified atom stereocenters. The van der Waals surface area contributed by atoms with E-state index < -0.39 is 11.9 Å². The van der Waals surface area contributed by atoms with E-state index in [1.807, 2.05) is 12.1 Å². The number of hydrogen-bond donors (Lipinski definition) is 3. The zero-order chi connectivity index (χ0) is 17.2. The van der Waals surface area contributed by atoms with Gasteiger partial charge in [-0.1, -0.05) is 19.9 Å². The van der Waals surface area contributed by atoms with Crippen molar-refractivity contribution in [3.05, 3.63) is 34.9 Å². The Hall–Kier alpha value is -1.92. The molecule has 0 spiro atoms. The molecule has 0 saturated heterocycles. The first-order valence-electron chi connectivity index (χ1n) is 7.68. The number of carboxylic acid groups (broad SMARTS) is 1. The lowest BCUT2D eigenvalue weighted by molar-refractivity contribution is -0.137. The van der Waals surface area contributed by atoms with Gasteiger partial charge in [0.2, 0.25) is 5.91 Å². The van der Waals surface area contributed by atoms with E-state index in [1.54, 1.807) is 13.2 Å². The van der Waals surface area contributed by atoms with E-state index in [0.717, 1.165) is 11.1 Å². The Morgan fingerprint density at radius 3 is 2.70 bits per heavy atom. The normalized spacial score (nSPS) is 22.4. The number of aliphatic carboxylic acids is 1. The number of ether oxygens (including phenoxy) is 1.